The van der Waals surface area contributed by atoms with Crippen molar-refractivity contribution in [2.75, 3.05) is 11.6 Å². The maximum Gasteiger partial charge on any atom is 0.255 e. The van der Waals surface area contributed by atoms with Gasteiger partial charge in [0.15, 0.2) is 0 Å². The molecule has 0 spiro atoms. The van der Waals surface area contributed by atoms with Gasteiger partial charge in [0.1, 0.15) is 0 Å². The largest absolute Gasteiger partial charge is 0.321 e. The second-order valence-electron chi connectivity index (χ2n) is 5.29. The number of carbonyl (C=O) groups is 1. The third kappa shape index (κ3) is 3.81. The molecule has 1 heterocycles. The van der Waals surface area contributed by atoms with E-state index in [1.807, 2.05) is 36.4 Å². The highest BCUT2D eigenvalue weighted by molar-refractivity contribution is 7.83. The topological polar surface area (TPSA) is 59.1 Å². The monoisotopic (exact) mass is 324 g/mol. The number of rotatable bonds is 4. The second-order valence-corrected chi connectivity index (χ2v) is 6.72. The third-order valence-electron chi connectivity index (χ3n) is 3.41. The molecule has 23 heavy (non-hydrogen) atoms. The van der Waals surface area contributed by atoms with Crippen LogP contribution in [0.25, 0.3) is 10.9 Å². The van der Waals surface area contributed by atoms with Crippen molar-refractivity contribution < 1.29 is 9.00 Å². The average molecular weight is 324 g/mol. The Hall–Kier alpha value is -2.53. The number of nitrogens with zero attached hydrogens (tertiary/aromatic N) is 1. The van der Waals surface area contributed by atoms with Crippen molar-refractivity contribution >= 4 is 33.3 Å². The molecule has 1 unspecified atom stereocenters. The lowest BCUT2D eigenvalue weighted by atomic mass is 10.1. The van der Waals surface area contributed by atoms with E-state index in [0.717, 1.165) is 16.5 Å². The van der Waals surface area contributed by atoms with Crippen molar-refractivity contribution in [3.63, 3.8) is 0 Å². The van der Waals surface area contributed by atoms with E-state index in [1.54, 1.807) is 30.7 Å². The van der Waals surface area contributed by atoms with E-state index >= 15 is 0 Å². The van der Waals surface area contributed by atoms with Crippen LogP contribution >= 0.6 is 0 Å². The summed E-state index contributed by atoms with van der Waals surface area (Å²) in [7, 11) is -0.933. The van der Waals surface area contributed by atoms with Gasteiger partial charge in [0.2, 0.25) is 0 Å². The van der Waals surface area contributed by atoms with Gasteiger partial charge in [-0.2, -0.15) is 0 Å². The maximum absolute atomic E-state index is 12.4. The molecular formula is C18H16N2O2S. The highest BCUT2D eigenvalue weighted by atomic mass is 32.2. The Morgan fingerprint density at radius 1 is 1.13 bits per heavy atom. The summed E-state index contributed by atoms with van der Waals surface area (Å²) in [5, 5.41) is 3.83. The van der Waals surface area contributed by atoms with Crippen molar-refractivity contribution in [1.29, 1.82) is 0 Å². The average Bonchev–Trinajstić information content (AvgIpc) is 2.54. The number of benzene rings is 2. The van der Waals surface area contributed by atoms with Gasteiger partial charge >= 0.3 is 0 Å². The van der Waals surface area contributed by atoms with Crippen LogP contribution in [0.3, 0.4) is 0 Å². The Morgan fingerprint density at radius 3 is 2.78 bits per heavy atom. The molecular weight excluding hydrogens is 308 g/mol. The van der Waals surface area contributed by atoms with Crippen LogP contribution < -0.4 is 5.32 Å². The third-order valence-corrected chi connectivity index (χ3v) is 4.15. The van der Waals surface area contributed by atoms with E-state index in [1.165, 1.54) is 0 Å². The molecule has 0 radical (unpaired) electrons. The summed E-state index contributed by atoms with van der Waals surface area (Å²) in [6, 6.07) is 16.8. The van der Waals surface area contributed by atoms with Gasteiger partial charge in [0, 0.05) is 33.8 Å². The Balaban J connectivity index is 1.81. The van der Waals surface area contributed by atoms with Gasteiger partial charge in [-0.05, 0) is 29.8 Å². The first kappa shape index (κ1) is 15.4. The van der Waals surface area contributed by atoms with Crippen LogP contribution in [0.1, 0.15) is 15.9 Å². The Bertz CT molecular complexity index is 893. The summed E-state index contributed by atoms with van der Waals surface area (Å²) in [5.74, 6) is 0.240. The van der Waals surface area contributed by atoms with Crippen molar-refractivity contribution in [3.8, 4) is 0 Å². The van der Waals surface area contributed by atoms with Crippen LogP contribution in [-0.4, -0.2) is 21.4 Å². The van der Waals surface area contributed by atoms with Crippen molar-refractivity contribution in [2.24, 2.45) is 0 Å². The molecule has 0 bridgehead atoms. The fourth-order valence-corrected chi connectivity index (χ4v) is 3.03. The predicted octanol–water partition coefficient (Wildman–Crippen LogP) is 3.37. The van der Waals surface area contributed by atoms with E-state index in [2.05, 4.69) is 10.3 Å². The summed E-state index contributed by atoms with van der Waals surface area (Å²) in [6.45, 7) is 0. The molecule has 5 heteroatoms. The van der Waals surface area contributed by atoms with E-state index in [-0.39, 0.29) is 5.91 Å². The zero-order valence-corrected chi connectivity index (χ0v) is 13.5. The number of amides is 1. The number of aromatic nitrogens is 1. The first-order valence-electron chi connectivity index (χ1n) is 7.17. The molecule has 0 aliphatic carbocycles. The predicted molar refractivity (Wildman–Crippen MR) is 93.9 cm³/mol. The van der Waals surface area contributed by atoms with Gasteiger partial charge in [-0.15, -0.1) is 0 Å². The van der Waals surface area contributed by atoms with Gasteiger partial charge in [-0.3, -0.25) is 14.0 Å². The first-order valence-corrected chi connectivity index (χ1v) is 8.89. The minimum atomic E-state index is -0.933. The zero-order valence-electron chi connectivity index (χ0n) is 12.7. The molecule has 1 aromatic heterocycles. The molecule has 116 valence electrons. The molecule has 0 saturated heterocycles. The molecule has 1 N–H and O–H groups in total. The molecule has 0 saturated carbocycles. The molecule has 4 nitrogen and oxygen atoms in total. The number of hydrogen-bond donors (Lipinski definition) is 1. The van der Waals surface area contributed by atoms with Gasteiger partial charge < -0.3 is 5.32 Å². The molecule has 1 atom stereocenters. The lowest BCUT2D eigenvalue weighted by Gasteiger charge is -2.07. The van der Waals surface area contributed by atoms with Gasteiger partial charge in [0.25, 0.3) is 5.91 Å². The van der Waals surface area contributed by atoms with Crippen LogP contribution in [0.15, 0.2) is 60.8 Å². The van der Waals surface area contributed by atoms with Gasteiger partial charge in [-0.25, -0.2) is 0 Å². The van der Waals surface area contributed by atoms with Crippen LogP contribution in [0, 0.1) is 0 Å². The maximum atomic E-state index is 12.4. The fourth-order valence-electron chi connectivity index (χ4n) is 2.38. The SMILES string of the molecule is CS(=O)Cc1cccc(C(=O)Nc2cnc3ccccc3c2)c1. The van der Waals surface area contributed by atoms with E-state index in [9.17, 15) is 9.00 Å². The highest BCUT2D eigenvalue weighted by Crippen LogP contribution is 2.17. The van der Waals surface area contributed by atoms with Crippen molar-refractivity contribution in [2.45, 2.75) is 5.75 Å². The summed E-state index contributed by atoms with van der Waals surface area (Å²) in [4.78, 5) is 16.7. The Labute approximate surface area is 137 Å². The van der Waals surface area contributed by atoms with Crippen LogP contribution in [-0.2, 0) is 16.6 Å². The minimum absolute atomic E-state index is 0.203. The number of anilines is 1. The standard InChI is InChI=1S/C18H16N2O2S/c1-23(22)12-13-5-4-7-15(9-13)18(21)20-16-10-14-6-2-3-8-17(14)19-11-16/h2-11H,12H2,1H3,(H,20,21). The summed E-state index contributed by atoms with van der Waals surface area (Å²) in [6.07, 6.45) is 3.29. The fraction of sp³-hybridized carbons (Fsp3) is 0.111. The summed E-state index contributed by atoms with van der Waals surface area (Å²) >= 11 is 0. The number of hydrogen-bond acceptors (Lipinski definition) is 3. The molecule has 2 aromatic carbocycles. The normalized spacial score (nSPS) is 12.0. The number of para-hydroxylation sites is 1. The highest BCUT2D eigenvalue weighted by Gasteiger charge is 2.08. The molecule has 0 fully saturated rings. The number of fused-ring (bicyclic) bond motifs is 1. The Morgan fingerprint density at radius 2 is 1.96 bits per heavy atom. The van der Waals surface area contributed by atoms with Gasteiger partial charge in [-0.1, -0.05) is 30.3 Å². The molecule has 0 aliphatic rings. The van der Waals surface area contributed by atoms with Crippen molar-refractivity contribution in [1.82, 2.24) is 4.98 Å². The van der Waals surface area contributed by atoms with Crippen molar-refractivity contribution in [3.05, 3.63) is 71.9 Å². The number of nitrogens with one attached hydrogen (secondary N) is 1. The van der Waals surface area contributed by atoms with Crippen LogP contribution in [0.4, 0.5) is 5.69 Å². The lowest BCUT2D eigenvalue weighted by Crippen LogP contribution is -2.12. The molecule has 3 aromatic rings. The quantitative estimate of drug-likeness (QED) is 0.800. The van der Waals surface area contributed by atoms with Crippen LogP contribution in [0.2, 0.25) is 0 Å². The summed E-state index contributed by atoms with van der Waals surface area (Å²) < 4.78 is 11.3. The molecule has 3 rings (SSSR count). The zero-order chi connectivity index (χ0) is 16.2. The van der Waals surface area contributed by atoms with Gasteiger partial charge in [0.05, 0.1) is 17.4 Å². The van der Waals surface area contributed by atoms with E-state index in [4.69, 9.17) is 0 Å². The molecule has 1 amide bonds. The summed E-state index contributed by atoms with van der Waals surface area (Å²) in [5.41, 5.74) is 2.97. The smallest absolute Gasteiger partial charge is 0.255 e. The van der Waals surface area contributed by atoms with E-state index in [0.29, 0.717) is 17.0 Å². The first-order chi connectivity index (χ1) is 11.1. The number of pyridine rings is 1. The lowest BCUT2D eigenvalue weighted by molar-refractivity contribution is 0.102. The number of carbonyl (C=O) groups excluding carboxylic acids is 1. The minimum Gasteiger partial charge on any atom is -0.321 e. The second kappa shape index (κ2) is 6.71. The van der Waals surface area contributed by atoms with Crippen LogP contribution in [0.5, 0.6) is 0 Å². The molecule has 0 aliphatic heterocycles. The Kier molecular flexibility index (Phi) is 4.48. The van der Waals surface area contributed by atoms with E-state index < -0.39 is 10.8 Å².